The molecule has 5 nitrogen and oxygen atoms in total. The molecular formula is C27H21ClN2O3S. The molecular weight excluding hydrogens is 468 g/mol. The third-order valence-electron chi connectivity index (χ3n) is 5.01. The Bertz CT molecular complexity index is 1430. The number of para-hydroxylation sites is 2. The topological polar surface area (TPSA) is 75.3 Å². The van der Waals surface area contributed by atoms with E-state index in [0.717, 1.165) is 11.1 Å². The van der Waals surface area contributed by atoms with Gasteiger partial charge in [-0.1, -0.05) is 84.4 Å². The van der Waals surface area contributed by atoms with Crippen molar-refractivity contribution in [2.45, 2.75) is 4.90 Å². The average Bonchev–Trinajstić information content (AvgIpc) is 2.85. The molecule has 7 heteroatoms. The van der Waals surface area contributed by atoms with Gasteiger partial charge in [-0.05, 0) is 47.5 Å². The molecule has 0 radical (unpaired) electrons. The van der Waals surface area contributed by atoms with Crippen molar-refractivity contribution in [3.8, 4) is 11.1 Å². The highest BCUT2D eigenvalue weighted by molar-refractivity contribution is 7.92. The molecule has 0 unspecified atom stereocenters. The third kappa shape index (κ3) is 5.73. The van der Waals surface area contributed by atoms with Crippen molar-refractivity contribution in [2.24, 2.45) is 0 Å². The number of benzene rings is 4. The van der Waals surface area contributed by atoms with Gasteiger partial charge in [0.05, 0.1) is 15.6 Å². The predicted molar refractivity (Wildman–Crippen MR) is 138 cm³/mol. The Hall–Kier alpha value is -3.87. The van der Waals surface area contributed by atoms with Gasteiger partial charge in [0, 0.05) is 17.3 Å². The lowest BCUT2D eigenvalue weighted by Crippen LogP contribution is -2.13. The monoisotopic (exact) mass is 488 g/mol. The minimum atomic E-state index is -3.79. The Labute approximate surface area is 203 Å². The summed E-state index contributed by atoms with van der Waals surface area (Å²) in [5, 5.41) is 3.21. The molecule has 4 aromatic rings. The van der Waals surface area contributed by atoms with Gasteiger partial charge in [0.2, 0.25) is 5.91 Å². The van der Waals surface area contributed by atoms with Crippen LogP contribution in [0.4, 0.5) is 11.4 Å². The molecule has 0 aromatic heterocycles. The number of rotatable bonds is 7. The first-order valence-corrected chi connectivity index (χ1v) is 12.3. The molecule has 0 saturated carbocycles. The van der Waals surface area contributed by atoms with Crippen molar-refractivity contribution in [3.05, 3.63) is 120 Å². The number of sulfonamides is 1. The van der Waals surface area contributed by atoms with Crippen molar-refractivity contribution in [3.63, 3.8) is 0 Å². The SMILES string of the molecule is O=C(/C=C/c1ccc(S(=O)(=O)Nc2ccccc2Cl)cc1)Nc1ccccc1-c1ccccc1. The van der Waals surface area contributed by atoms with E-state index in [-0.39, 0.29) is 10.8 Å². The Morgan fingerprint density at radius 3 is 2.06 bits per heavy atom. The summed E-state index contributed by atoms with van der Waals surface area (Å²) in [5.74, 6) is -0.291. The highest BCUT2D eigenvalue weighted by Gasteiger charge is 2.15. The predicted octanol–water partition coefficient (Wildman–Crippen LogP) is 6.46. The van der Waals surface area contributed by atoms with E-state index in [9.17, 15) is 13.2 Å². The molecule has 0 aliphatic heterocycles. The van der Waals surface area contributed by atoms with Crippen molar-refractivity contribution < 1.29 is 13.2 Å². The van der Waals surface area contributed by atoms with Gasteiger partial charge in [-0.3, -0.25) is 9.52 Å². The van der Waals surface area contributed by atoms with Gasteiger partial charge in [-0.25, -0.2) is 8.42 Å². The molecule has 2 N–H and O–H groups in total. The first kappa shape index (κ1) is 23.3. The molecule has 170 valence electrons. The largest absolute Gasteiger partial charge is 0.322 e. The highest BCUT2D eigenvalue weighted by atomic mass is 35.5. The van der Waals surface area contributed by atoms with Crippen molar-refractivity contribution in [2.75, 3.05) is 10.0 Å². The van der Waals surface area contributed by atoms with E-state index in [2.05, 4.69) is 10.0 Å². The summed E-state index contributed by atoms with van der Waals surface area (Å²) in [5.41, 5.74) is 3.62. The van der Waals surface area contributed by atoms with E-state index in [0.29, 0.717) is 22.0 Å². The second-order valence-corrected chi connectivity index (χ2v) is 9.48. The molecule has 0 heterocycles. The quantitative estimate of drug-likeness (QED) is 0.293. The van der Waals surface area contributed by atoms with E-state index < -0.39 is 10.0 Å². The molecule has 0 spiro atoms. The number of hydrogen-bond donors (Lipinski definition) is 2. The average molecular weight is 489 g/mol. The second kappa shape index (κ2) is 10.4. The Kier molecular flexibility index (Phi) is 7.11. The van der Waals surface area contributed by atoms with Crippen molar-refractivity contribution in [1.29, 1.82) is 0 Å². The molecule has 1 amide bonds. The van der Waals surface area contributed by atoms with Crippen molar-refractivity contribution in [1.82, 2.24) is 0 Å². The lowest BCUT2D eigenvalue weighted by atomic mass is 10.0. The standard InChI is InChI=1S/C27H21ClN2O3S/c28-24-11-5-7-13-26(24)30-34(32,33)22-17-14-20(15-18-22)16-19-27(31)29-25-12-6-4-10-23(25)21-8-2-1-3-9-21/h1-19,30H,(H,29,31)/b19-16+. The fourth-order valence-corrected chi connectivity index (χ4v) is 4.63. The summed E-state index contributed by atoms with van der Waals surface area (Å²) in [4.78, 5) is 12.6. The van der Waals surface area contributed by atoms with Crippen LogP contribution in [0.1, 0.15) is 5.56 Å². The van der Waals surface area contributed by atoms with Gasteiger partial charge in [0.15, 0.2) is 0 Å². The maximum atomic E-state index is 12.6. The van der Waals surface area contributed by atoms with Crippen LogP contribution in [0, 0.1) is 0 Å². The lowest BCUT2D eigenvalue weighted by molar-refractivity contribution is -0.111. The van der Waals surface area contributed by atoms with Gasteiger partial charge in [-0.15, -0.1) is 0 Å². The molecule has 4 rings (SSSR count). The zero-order chi connectivity index (χ0) is 24.0. The number of carbonyl (C=O) groups excluding carboxylic acids is 1. The van der Waals surface area contributed by atoms with Gasteiger partial charge in [0.1, 0.15) is 0 Å². The van der Waals surface area contributed by atoms with E-state index in [4.69, 9.17) is 11.6 Å². The molecule has 34 heavy (non-hydrogen) atoms. The fourth-order valence-electron chi connectivity index (χ4n) is 3.31. The van der Waals surface area contributed by atoms with E-state index in [1.807, 2.05) is 54.6 Å². The summed E-state index contributed by atoms with van der Waals surface area (Å²) in [7, 11) is -3.79. The van der Waals surface area contributed by atoms with Gasteiger partial charge < -0.3 is 5.32 Å². The van der Waals surface area contributed by atoms with Crippen LogP contribution in [0.2, 0.25) is 5.02 Å². The first-order valence-electron chi connectivity index (χ1n) is 10.4. The molecule has 0 aliphatic rings. The van der Waals surface area contributed by atoms with Crippen molar-refractivity contribution >= 4 is 45.0 Å². The third-order valence-corrected chi connectivity index (χ3v) is 6.72. The lowest BCUT2D eigenvalue weighted by Gasteiger charge is -2.10. The Morgan fingerprint density at radius 2 is 1.35 bits per heavy atom. The molecule has 0 saturated heterocycles. The van der Waals surface area contributed by atoms with Crippen LogP contribution < -0.4 is 10.0 Å². The van der Waals surface area contributed by atoms with Gasteiger partial charge in [0.25, 0.3) is 10.0 Å². The number of hydrogen-bond acceptors (Lipinski definition) is 3. The number of nitrogens with one attached hydrogen (secondary N) is 2. The molecule has 0 fully saturated rings. The number of carbonyl (C=O) groups is 1. The van der Waals surface area contributed by atoms with Crippen LogP contribution >= 0.6 is 11.6 Å². The van der Waals surface area contributed by atoms with Crippen LogP contribution in [-0.2, 0) is 14.8 Å². The Balaban J connectivity index is 1.44. The zero-order valence-electron chi connectivity index (χ0n) is 18.0. The number of anilines is 2. The summed E-state index contributed by atoms with van der Waals surface area (Å²) in [6.07, 6.45) is 3.03. The van der Waals surface area contributed by atoms with Gasteiger partial charge >= 0.3 is 0 Å². The maximum absolute atomic E-state index is 12.6. The van der Waals surface area contributed by atoms with Crippen LogP contribution in [0.3, 0.4) is 0 Å². The molecule has 0 aliphatic carbocycles. The molecule has 0 atom stereocenters. The minimum absolute atomic E-state index is 0.0887. The fraction of sp³-hybridized carbons (Fsp3) is 0. The first-order chi connectivity index (χ1) is 16.4. The van der Waals surface area contributed by atoms with Crippen LogP contribution in [0.25, 0.3) is 17.2 Å². The van der Waals surface area contributed by atoms with Gasteiger partial charge in [-0.2, -0.15) is 0 Å². The highest BCUT2D eigenvalue weighted by Crippen LogP contribution is 2.28. The van der Waals surface area contributed by atoms with Crippen LogP contribution in [0.15, 0.2) is 114 Å². The van der Waals surface area contributed by atoms with Crippen LogP contribution in [-0.4, -0.2) is 14.3 Å². The van der Waals surface area contributed by atoms with E-state index in [1.54, 1.807) is 42.5 Å². The summed E-state index contributed by atoms with van der Waals surface area (Å²) < 4.78 is 27.7. The normalized spacial score (nSPS) is 11.3. The molecule has 0 bridgehead atoms. The minimum Gasteiger partial charge on any atom is -0.322 e. The maximum Gasteiger partial charge on any atom is 0.261 e. The second-order valence-electron chi connectivity index (χ2n) is 7.39. The van der Waals surface area contributed by atoms with E-state index in [1.165, 1.54) is 18.2 Å². The number of halogens is 1. The smallest absolute Gasteiger partial charge is 0.261 e. The molecule has 4 aromatic carbocycles. The summed E-state index contributed by atoms with van der Waals surface area (Å²) in [6.45, 7) is 0. The summed E-state index contributed by atoms with van der Waals surface area (Å²) >= 11 is 6.04. The van der Waals surface area contributed by atoms with Crippen LogP contribution in [0.5, 0.6) is 0 Å². The van der Waals surface area contributed by atoms with E-state index >= 15 is 0 Å². The Morgan fingerprint density at radius 1 is 0.735 bits per heavy atom. The number of amides is 1. The zero-order valence-corrected chi connectivity index (χ0v) is 19.6. The summed E-state index contributed by atoms with van der Waals surface area (Å²) in [6, 6.07) is 30.2.